The number of nitrogens with zero attached hydrogens (tertiary/aromatic N) is 2. The molecule has 0 bridgehead atoms. The number of pyridine rings is 1. The van der Waals surface area contributed by atoms with E-state index in [4.69, 9.17) is 9.84 Å². The van der Waals surface area contributed by atoms with E-state index in [1.165, 1.54) is 18.2 Å². The summed E-state index contributed by atoms with van der Waals surface area (Å²) in [5.41, 5.74) is 2.11. The Bertz CT molecular complexity index is 1420. The average molecular weight is 557 g/mol. The number of fused-ring (bicyclic) bond motifs is 1. The number of carboxylic acid groups (broad SMARTS) is 1. The first kappa shape index (κ1) is 29.7. The Labute approximate surface area is 227 Å². The molecule has 0 fully saturated rings. The Morgan fingerprint density at radius 3 is 2.67 bits per heavy atom. The second kappa shape index (κ2) is 13.8. The number of benzene rings is 2. The molecule has 11 nitrogen and oxygen atoms in total. The Balaban J connectivity index is 1.83. The van der Waals surface area contributed by atoms with Crippen molar-refractivity contribution in [2.24, 2.45) is 0 Å². The van der Waals surface area contributed by atoms with Crippen molar-refractivity contribution < 1.29 is 32.6 Å². The average Bonchev–Trinajstić information content (AvgIpc) is 2.87. The van der Waals surface area contributed by atoms with E-state index in [1.54, 1.807) is 6.20 Å². The van der Waals surface area contributed by atoms with Gasteiger partial charge in [-0.2, -0.15) is 0 Å². The van der Waals surface area contributed by atoms with E-state index < -0.39 is 28.5 Å². The molecule has 0 radical (unpaired) electrons. The van der Waals surface area contributed by atoms with E-state index in [9.17, 15) is 22.8 Å². The summed E-state index contributed by atoms with van der Waals surface area (Å²) in [4.78, 5) is 40.7. The molecule has 0 saturated carbocycles. The second-order valence-corrected chi connectivity index (χ2v) is 10.8. The SMILES string of the molecule is CN(C)CCCC(=O)Nc1ccc(S(=O)(=O)N[C@H](C=O)CC(=O)O)c(OCCc2cccc3ncccc23)c1. The maximum absolute atomic E-state index is 13.1. The number of aldehydes is 1. The van der Waals surface area contributed by atoms with Crippen LogP contribution in [0.15, 0.2) is 59.6 Å². The zero-order valence-corrected chi connectivity index (χ0v) is 22.6. The van der Waals surface area contributed by atoms with E-state index in [-0.39, 0.29) is 35.9 Å². The number of ether oxygens (including phenoxy) is 1. The molecular weight excluding hydrogens is 524 g/mol. The molecule has 0 aliphatic carbocycles. The van der Waals surface area contributed by atoms with E-state index in [1.807, 2.05) is 49.3 Å². The highest BCUT2D eigenvalue weighted by Gasteiger charge is 2.25. The maximum atomic E-state index is 13.1. The number of nitrogens with one attached hydrogen (secondary N) is 2. The molecule has 0 aliphatic heterocycles. The van der Waals surface area contributed by atoms with Gasteiger partial charge in [0.25, 0.3) is 0 Å². The fourth-order valence-corrected chi connectivity index (χ4v) is 5.22. The third kappa shape index (κ3) is 8.84. The van der Waals surface area contributed by atoms with Crippen LogP contribution in [-0.4, -0.2) is 74.9 Å². The van der Waals surface area contributed by atoms with Gasteiger partial charge in [0.15, 0.2) is 0 Å². The molecule has 0 spiro atoms. The first-order valence-corrected chi connectivity index (χ1v) is 13.8. The van der Waals surface area contributed by atoms with Crippen LogP contribution in [0.4, 0.5) is 5.69 Å². The molecule has 0 aliphatic rings. The molecule has 2 aromatic carbocycles. The number of hydrogen-bond donors (Lipinski definition) is 3. The van der Waals surface area contributed by atoms with Crippen LogP contribution in [-0.2, 0) is 30.8 Å². The predicted octanol–water partition coefficient (Wildman–Crippen LogP) is 2.46. The van der Waals surface area contributed by atoms with Crippen LogP contribution < -0.4 is 14.8 Å². The molecule has 3 N–H and O–H groups in total. The number of amides is 1. The van der Waals surface area contributed by atoms with Gasteiger partial charge in [-0.3, -0.25) is 14.6 Å². The van der Waals surface area contributed by atoms with Gasteiger partial charge in [-0.15, -0.1) is 0 Å². The topological polar surface area (TPSA) is 155 Å². The van der Waals surface area contributed by atoms with E-state index in [2.05, 4.69) is 15.0 Å². The van der Waals surface area contributed by atoms with Crippen LogP contribution in [0.5, 0.6) is 5.75 Å². The van der Waals surface area contributed by atoms with Crippen molar-refractivity contribution in [2.45, 2.75) is 36.6 Å². The molecule has 1 atom stereocenters. The monoisotopic (exact) mass is 556 g/mol. The first-order valence-electron chi connectivity index (χ1n) is 12.3. The lowest BCUT2D eigenvalue weighted by Gasteiger charge is -2.17. The quantitative estimate of drug-likeness (QED) is 0.239. The third-order valence-electron chi connectivity index (χ3n) is 5.76. The van der Waals surface area contributed by atoms with Gasteiger partial charge in [0, 0.05) is 36.2 Å². The molecule has 39 heavy (non-hydrogen) atoms. The lowest BCUT2D eigenvalue weighted by Crippen LogP contribution is -2.37. The number of carboxylic acids is 1. The highest BCUT2D eigenvalue weighted by Crippen LogP contribution is 2.29. The minimum atomic E-state index is -4.34. The van der Waals surface area contributed by atoms with Gasteiger partial charge in [-0.05, 0) is 56.9 Å². The molecule has 0 unspecified atom stereocenters. The molecule has 208 valence electrons. The molecule has 3 rings (SSSR count). The summed E-state index contributed by atoms with van der Waals surface area (Å²) in [7, 11) is -0.521. The number of aromatic nitrogens is 1. The van der Waals surface area contributed by atoms with Crippen LogP contribution in [0, 0.1) is 0 Å². The Kier molecular flexibility index (Phi) is 10.5. The zero-order valence-electron chi connectivity index (χ0n) is 21.8. The maximum Gasteiger partial charge on any atom is 0.305 e. The fraction of sp³-hybridized carbons (Fsp3) is 0.333. The Morgan fingerprint density at radius 1 is 1.15 bits per heavy atom. The van der Waals surface area contributed by atoms with Crippen molar-refractivity contribution >= 4 is 44.8 Å². The van der Waals surface area contributed by atoms with Crippen LogP contribution in [0.2, 0.25) is 0 Å². The van der Waals surface area contributed by atoms with Crippen LogP contribution in [0.25, 0.3) is 10.9 Å². The number of rotatable bonds is 15. The van der Waals surface area contributed by atoms with Crippen molar-refractivity contribution in [1.29, 1.82) is 0 Å². The summed E-state index contributed by atoms with van der Waals surface area (Å²) in [5, 5.41) is 12.7. The van der Waals surface area contributed by atoms with Gasteiger partial charge in [0.1, 0.15) is 16.9 Å². The molecule has 1 amide bonds. The third-order valence-corrected chi connectivity index (χ3v) is 7.29. The van der Waals surface area contributed by atoms with E-state index in [0.717, 1.165) is 23.0 Å². The number of carbonyl (C=O) groups excluding carboxylic acids is 2. The first-order chi connectivity index (χ1) is 18.6. The largest absolute Gasteiger partial charge is 0.492 e. The minimum absolute atomic E-state index is 0.0491. The lowest BCUT2D eigenvalue weighted by molar-refractivity contribution is -0.138. The predicted molar refractivity (Wildman–Crippen MR) is 146 cm³/mol. The summed E-state index contributed by atoms with van der Waals surface area (Å²) in [6, 6.07) is 12.1. The summed E-state index contributed by atoms with van der Waals surface area (Å²) < 4.78 is 34.2. The standard InChI is InChI=1S/C27H32N4O7S/c1-31(2)14-5-9-26(33)29-20-10-11-25(39(36,37)30-21(18-32)17-27(34)35)24(16-20)38-15-12-19-6-3-8-23-22(19)7-4-13-28-23/h3-4,6-8,10-11,13,16,18,21,30H,5,9,12,14-15,17H2,1-2H3,(H,29,33)(H,34,35)/t21-/m0/s1. The van der Waals surface area contributed by atoms with Crippen LogP contribution in [0.3, 0.4) is 0 Å². The normalized spacial score (nSPS) is 12.3. The van der Waals surface area contributed by atoms with Gasteiger partial charge >= 0.3 is 5.97 Å². The second-order valence-electron chi connectivity index (χ2n) is 9.16. The number of carbonyl (C=O) groups is 3. The van der Waals surface area contributed by atoms with E-state index in [0.29, 0.717) is 18.5 Å². The van der Waals surface area contributed by atoms with Gasteiger partial charge < -0.3 is 24.9 Å². The van der Waals surface area contributed by atoms with Gasteiger partial charge in [0.2, 0.25) is 15.9 Å². The molecule has 3 aromatic rings. The van der Waals surface area contributed by atoms with Crippen molar-refractivity contribution in [2.75, 3.05) is 32.6 Å². The number of anilines is 1. The van der Waals surface area contributed by atoms with E-state index >= 15 is 0 Å². The van der Waals surface area contributed by atoms with Crippen molar-refractivity contribution in [1.82, 2.24) is 14.6 Å². The van der Waals surface area contributed by atoms with Gasteiger partial charge in [-0.1, -0.05) is 18.2 Å². The summed E-state index contributed by atoms with van der Waals surface area (Å²) in [6.45, 7) is 0.839. The minimum Gasteiger partial charge on any atom is -0.492 e. The number of aliphatic carboxylic acids is 1. The number of sulfonamides is 1. The summed E-state index contributed by atoms with van der Waals surface area (Å²) in [5.74, 6) is -1.61. The highest BCUT2D eigenvalue weighted by molar-refractivity contribution is 7.89. The Hall–Kier alpha value is -3.87. The van der Waals surface area contributed by atoms with Crippen LogP contribution >= 0.6 is 0 Å². The van der Waals surface area contributed by atoms with Gasteiger partial charge in [0.05, 0.1) is 24.6 Å². The Morgan fingerprint density at radius 2 is 1.95 bits per heavy atom. The van der Waals surface area contributed by atoms with Gasteiger partial charge in [-0.25, -0.2) is 13.1 Å². The fourth-order valence-electron chi connectivity index (χ4n) is 3.92. The van der Waals surface area contributed by atoms with Crippen molar-refractivity contribution in [3.05, 3.63) is 60.3 Å². The zero-order chi connectivity index (χ0) is 28.4. The molecule has 12 heteroatoms. The molecule has 0 saturated heterocycles. The number of hydrogen-bond acceptors (Lipinski definition) is 8. The summed E-state index contributed by atoms with van der Waals surface area (Å²) >= 11 is 0. The van der Waals surface area contributed by atoms with Crippen molar-refractivity contribution in [3.63, 3.8) is 0 Å². The molecular formula is C27H32N4O7S. The highest BCUT2D eigenvalue weighted by atomic mass is 32.2. The van der Waals surface area contributed by atoms with Crippen LogP contribution in [0.1, 0.15) is 24.8 Å². The molecule has 1 heterocycles. The smallest absolute Gasteiger partial charge is 0.305 e. The summed E-state index contributed by atoms with van der Waals surface area (Å²) in [6.07, 6.45) is 2.58. The lowest BCUT2D eigenvalue weighted by atomic mass is 10.1. The van der Waals surface area contributed by atoms with Crippen molar-refractivity contribution in [3.8, 4) is 5.75 Å². The molecule has 1 aromatic heterocycles.